The Kier molecular flexibility index (Phi) is 26.2. The maximum atomic E-state index is 5.18. The molecule has 0 saturated carbocycles. The van der Waals surface area contributed by atoms with Gasteiger partial charge >= 0.3 is 0 Å². The maximum absolute atomic E-state index is 5.18. The zero-order valence-electron chi connectivity index (χ0n) is 30.5. The van der Waals surface area contributed by atoms with Crippen molar-refractivity contribution in [2.45, 2.75) is 219 Å². The van der Waals surface area contributed by atoms with Gasteiger partial charge in [0.2, 0.25) is 0 Å². The summed E-state index contributed by atoms with van der Waals surface area (Å²) in [5.74, 6) is 1.36. The molecule has 2 nitrogen and oxygen atoms in total. The second kappa shape index (κ2) is 29.8. The van der Waals surface area contributed by atoms with Crippen molar-refractivity contribution in [1.29, 1.82) is 0 Å². The second-order valence-electron chi connectivity index (χ2n) is 14.3. The normalized spacial score (nSPS) is 11.5. The Morgan fingerprint density at radius 1 is 0.422 bits per heavy atom. The van der Waals surface area contributed by atoms with Crippen LogP contribution in [0, 0.1) is 0 Å². The van der Waals surface area contributed by atoms with Crippen LogP contribution in [0.15, 0.2) is 36.5 Å². The third-order valence-electron chi connectivity index (χ3n) is 9.91. The molecule has 1 aromatic heterocycles. The molecule has 1 aromatic carbocycles. The quantitative estimate of drug-likeness (QED) is 0.0726. The third kappa shape index (κ3) is 22.6. The number of aromatic nitrogens is 2. The highest BCUT2D eigenvalue weighted by Crippen LogP contribution is 2.17. The van der Waals surface area contributed by atoms with Gasteiger partial charge in [0.25, 0.3) is 0 Å². The first-order valence-corrected chi connectivity index (χ1v) is 20.4. The van der Waals surface area contributed by atoms with Gasteiger partial charge in [0.15, 0.2) is 0 Å². The van der Waals surface area contributed by atoms with E-state index in [2.05, 4.69) is 54.9 Å². The monoisotopic (exact) mass is 621 g/mol. The summed E-state index contributed by atoms with van der Waals surface area (Å²) in [4.78, 5) is 5.18. The van der Waals surface area contributed by atoms with E-state index >= 15 is 0 Å². The molecule has 0 aliphatic carbocycles. The molecule has 45 heavy (non-hydrogen) atoms. The first-order chi connectivity index (χ1) is 22.3. The number of hydrogen-bond donors (Lipinski definition) is 0. The van der Waals surface area contributed by atoms with Gasteiger partial charge < -0.3 is 4.57 Å². The standard InChI is InChI=1S/C43H76N2/c1-3-5-7-9-11-13-15-17-18-19-21-23-25-27-32-39-45-40-42(37-33-36-41-34-29-28-30-35-41)44-43(45)38-31-26-24-22-20-16-14-12-10-8-6-4-2/h28-30,34-35,40H,3-27,31-33,36-39H2,1-2H3. The molecule has 0 bridgehead atoms. The van der Waals surface area contributed by atoms with Crippen LogP contribution in [-0.4, -0.2) is 9.55 Å². The van der Waals surface area contributed by atoms with Crippen LogP contribution in [0.5, 0.6) is 0 Å². The zero-order chi connectivity index (χ0) is 31.9. The van der Waals surface area contributed by atoms with E-state index < -0.39 is 0 Å². The smallest absolute Gasteiger partial charge is 0.108 e. The molecule has 1 heterocycles. The molecule has 0 atom stereocenters. The van der Waals surface area contributed by atoms with Crippen molar-refractivity contribution in [1.82, 2.24) is 9.55 Å². The molecular weight excluding hydrogens is 544 g/mol. The van der Waals surface area contributed by atoms with Crippen LogP contribution >= 0.6 is 0 Å². The molecule has 0 aliphatic rings. The molecule has 0 spiro atoms. The summed E-state index contributed by atoms with van der Waals surface area (Å²) in [5.41, 5.74) is 2.77. The number of nitrogens with zero attached hydrogens (tertiary/aromatic N) is 2. The molecule has 0 fully saturated rings. The molecule has 0 saturated heterocycles. The zero-order valence-corrected chi connectivity index (χ0v) is 30.5. The van der Waals surface area contributed by atoms with Crippen molar-refractivity contribution >= 4 is 0 Å². The lowest BCUT2D eigenvalue weighted by atomic mass is 10.0. The van der Waals surface area contributed by atoms with Crippen LogP contribution in [0.1, 0.15) is 211 Å². The Hall–Kier alpha value is -1.57. The molecule has 0 unspecified atom stereocenters. The summed E-state index contributed by atoms with van der Waals surface area (Å²) in [7, 11) is 0. The van der Waals surface area contributed by atoms with Gasteiger partial charge in [0.1, 0.15) is 5.82 Å². The third-order valence-corrected chi connectivity index (χ3v) is 9.91. The van der Waals surface area contributed by atoms with Crippen LogP contribution in [0.3, 0.4) is 0 Å². The number of imidazole rings is 1. The molecule has 258 valence electrons. The highest BCUT2D eigenvalue weighted by molar-refractivity contribution is 5.15. The van der Waals surface area contributed by atoms with Crippen LogP contribution in [0.25, 0.3) is 0 Å². The van der Waals surface area contributed by atoms with Gasteiger partial charge in [0, 0.05) is 19.2 Å². The van der Waals surface area contributed by atoms with Crippen molar-refractivity contribution in [3.05, 3.63) is 53.6 Å². The van der Waals surface area contributed by atoms with E-state index in [1.807, 2.05) is 0 Å². The molecule has 0 amide bonds. The summed E-state index contributed by atoms with van der Waals surface area (Å²) in [6.45, 7) is 5.78. The van der Waals surface area contributed by atoms with Crippen molar-refractivity contribution in [3.8, 4) is 0 Å². The SMILES string of the molecule is CCCCCCCCCCCCCCCCCn1cc(CCCc2ccccc2)nc1CCCCCCCCCCCCCC. The lowest BCUT2D eigenvalue weighted by Crippen LogP contribution is -2.03. The van der Waals surface area contributed by atoms with E-state index in [1.165, 1.54) is 197 Å². The minimum absolute atomic E-state index is 1.10. The number of hydrogen-bond acceptors (Lipinski definition) is 1. The average Bonchev–Trinajstić information content (AvgIpc) is 3.45. The molecule has 0 aliphatic heterocycles. The average molecular weight is 621 g/mol. The number of aryl methyl sites for hydroxylation is 4. The Morgan fingerprint density at radius 3 is 1.31 bits per heavy atom. The fourth-order valence-corrected chi connectivity index (χ4v) is 6.92. The Bertz CT molecular complexity index is 869. The number of rotatable bonds is 33. The Morgan fingerprint density at radius 2 is 0.844 bits per heavy atom. The molecule has 0 radical (unpaired) electrons. The summed E-state index contributed by atoms with van der Waals surface area (Å²) >= 11 is 0. The fourth-order valence-electron chi connectivity index (χ4n) is 6.92. The van der Waals surface area contributed by atoms with Gasteiger partial charge in [-0.3, -0.25) is 0 Å². The van der Waals surface area contributed by atoms with Crippen molar-refractivity contribution < 1.29 is 0 Å². The van der Waals surface area contributed by atoms with Gasteiger partial charge in [-0.1, -0.05) is 205 Å². The lowest BCUT2D eigenvalue weighted by Gasteiger charge is -2.08. The summed E-state index contributed by atoms with van der Waals surface area (Å²) in [6, 6.07) is 11.0. The van der Waals surface area contributed by atoms with Crippen molar-refractivity contribution in [3.63, 3.8) is 0 Å². The van der Waals surface area contributed by atoms with Crippen LogP contribution in [0.2, 0.25) is 0 Å². The van der Waals surface area contributed by atoms with Gasteiger partial charge in [-0.05, 0) is 37.7 Å². The van der Waals surface area contributed by atoms with Gasteiger partial charge in [0.05, 0.1) is 5.69 Å². The predicted octanol–water partition coefficient (Wildman–Crippen LogP) is 14.2. The Balaban J connectivity index is 1.59. The van der Waals surface area contributed by atoms with E-state index in [0.717, 1.165) is 25.8 Å². The van der Waals surface area contributed by atoms with Crippen LogP contribution in [0.4, 0.5) is 0 Å². The molecule has 2 rings (SSSR count). The summed E-state index contributed by atoms with van der Waals surface area (Å²) in [5, 5.41) is 0. The first kappa shape index (κ1) is 39.6. The summed E-state index contributed by atoms with van der Waals surface area (Å²) in [6.07, 6.45) is 45.4. The van der Waals surface area contributed by atoms with E-state index in [0.29, 0.717) is 0 Å². The lowest BCUT2D eigenvalue weighted by molar-refractivity contribution is 0.514. The van der Waals surface area contributed by atoms with Crippen LogP contribution < -0.4 is 0 Å². The van der Waals surface area contributed by atoms with Gasteiger partial charge in [-0.25, -0.2) is 4.98 Å². The minimum atomic E-state index is 1.10. The predicted molar refractivity (Wildman–Crippen MR) is 200 cm³/mol. The van der Waals surface area contributed by atoms with E-state index in [-0.39, 0.29) is 0 Å². The fraction of sp³-hybridized carbons (Fsp3) is 0.791. The number of benzene rings is 1. The molecule has 2 heteroatoms. The molecule has 0 N–H and O–H groups in total. The van der Waals surface area contributed by atoms with Crippen molar-refractivity contribution in [2.75, 3.05) is 0 Å². The maximum Gasteiger partial charge on any atom is 0.108 e. The van der Waals surface area contributed by atoms with E-state index in [9.17, 15) is 0 Å². The van der Waals surface area contributed by atoms with Gasteiger partial charge in [-0.15, -0.1) is 0 Å². The minimum Gasteiger partial charge on any atom is -0.335 e. The molecular formula is C43H76N2. The van der Waals surface area contributed by atoms with Crippen molar-refractivity contribution in [2.24, 2.45) is 0 Å². The number of unbranched alkanes of at least 4 members (excludes halogenated alkanes) is 25. The van der Waals surface area contributed by atoms with E-state index in [1.54, 1.807) is 0 Å². The van der Waals surface area contributed by atoms with E-state index in [4.69, 9.17) is 4.98 Å². The highest BCUT2D eigenvalue weighted by atomic mass is 15.1. The first-order valence-electron chi connectivity index (χ1n) is 20.4. The topological polar surface area (TPSA) is 17.8 Å². The molecule has 2 aromatic rings. The van der Waals surface area contributed by atoms with Crippen LogP contribution in [-0.2, 0) is 25.8 Å². The summed E-state index contributed by atoms with van der Waals surface area (Å²) < 4.78 is 2.54. The second-order valence-corrected chi connectivity index (χ2v) is 14.3. The largest absolute Gasteiger partial charge is 0.335 e. The highest BCUT2D eigenvalue weighted by Gasteiger charge is 2.09. The Labute approximate surface area is 282 Å². The van der Waals surface area contributed by atoms with Gasteiger partial charge in [-0.2, -0.15) is 0 Å².